The molecule has 3 rings (SSSR count). The smallest absolute Gasteiger partial charge is 0.237 e. The molecular formula is C15H27N3O. The van der Waals surface area contributed by atoms with E-state index in [1.165, 1.54) is 38.6 Å². The van der Waals surface area contributed by atoms with Gasteiger partial charge in [-0.05, 0) is 38.6 Å². The number of hydrogen-bond donors (Lipinski definition) is 2. The number of hydrogen-bond acceptors (Lipinski definition) is 3. The number of nitrogens with one attached hydrogen (secondary N) is 2. The van der Waals surface area contributed by atoms with Crippen LogP contribution in [0.4, 0.5) is 0 Å². The molecule has 19 heavy (non-hydrogen) atoms. The van der Waals surface area contributed by atoms with E-state index in [9.17, 15) is 4.79 Å². The summed E-state index contributed by atoms with van der Waals surface area (Å²) >= 11 is 0. The van der Waals surface area contributed by atoms with Crippen molar-refractivity contribution < 1.29 is 4.79 Å². The second-order valence-electron chi connectivity index (χ2n) is 6.43. The molecule has 3 fully saturated rings. The predicted molar refractivity (Wildman–Crippen MR) is 76.0 cm³/mol. The van der Waals surface area contributed by atoms with Gasteiger partial charge in [0, 0.05) is 25.2 Å². The molecule has 0 radical (unpaired) electrons. The lowest BCUT2D eigenvalue weighted by molar-refractivity contribution is -0.123. The van der Waals surface area contributed by atoms with Crippen molar-refractivity contribution in [2.24, 2.45) is 0 Å². The molecule has 0 aromatic heterocycles. The van der Waals surface area contributed by atoms with E-state index in [1.54, 1.807) is 0 Å². The van der Waals surface area contributed by atoms with Crippen molar-refractivity contribution in [2.45, 2.75) is 69.5 Å². The molecule has 2 saturated heterocycles. The van der Waals surface area contributed by atoms with E-state index in [4.69, 9.17) is 0 Å². The van der Waals surface area contributed by atoms with Crippen LogP contribution in [0.1, 0.15) is 51.4 Å². The minimum Gasteiger partial charge on any atom is -0.351 e. The summed E-state index contributed by atoms with van der Waals surface area (Å²) in [6, 6.07) is 1.25. The summed E-state index contributed by atoms with van der Waals surface area (Å²) in [5.41, 5.74) is 0. The molecule has 0 bridgehead atoms. The third-order valence-electron chi connectivity index (χ3n) is 5.03. The van der Waals surface area contributed by atoms with Gasteiger partial charge in [-0.25, -0.2) is 0 Å². The first-order valence-corrected chi connectivity index (χ1v) is 8.11. The Labute approximate surface area is 116 Å². The highest BCUT2D eigenvalue weighted by Gasteiger charge is 2.31. The highest BCUT2D eigenvalue weighted by Crippen LogP contribution is 2.25. The zero-order valence-corrected chi connectivity index (χ0v) is 11.9. The van der Waals surface area contributed by atoms with Crippen LogP contribution >= 0.6 is 0 Å². The second kappa shape index (κ2) is 6.23. The zero-order chi connectivity index (χ0) is 13.1. The Hall–Kier alpha value is -0.610. The van der Waals surface area contributed by atoms with Crippen molar-refractivity contribution in [1.82, 2.24) is 15.5 Å². The van der Waals surface area contributed by atoms with Crippen molar-refractivity contribution in [2.75, 3.05) is 19.6 Å². The Morgan fingerprint density at radius 3 is 2.63 bits per heavy atom. The van der Waals surface area contributed by atoms with Gasteiger partial charge < -0.3 is 10.6 Å². The van der Waals surface area contributed by atoms with E-state index >= 15 is 0 Å². The molecule has 4 nitrogen and oxygen atoms in total. The van der Waals surface area contributed by atoms with E-state index in [2.05, 4.69) is 15.5 Å². The van der Waals surface area contributed by atoms with Crippen LogP contribution in [0.2, 0.25) is 0 Å². The Kier molecular flexibility index (Phi) is 4.38. The van der Waals surface area contributed by atoms with Crippen molar-refractivity contribution in [1.29, 1.82) is 0 Å². The van der Waals surface area contributed by atoms with Crippen LogP contribution in [0.5, 0.6) is 0 Å². The molecule has 1 aliphatic carbocycles. The number of carbonyl (C=O) groups is 1. The summed E-state index contributed by atoms with van der Waals surface area (Å²) in [5, 5.41) is 6.53. The van der Waals surface area contributed by atoms with Gasteiger partial charge in [-0.15, -0.1) is 0 Å². The molecule has 2 aliphatic heterocycles. The van der Waals surface area contributed by atoms with Crippen molar-refractivity contribution in [3.05, 3.63) is 0 Å². The zero-order valence-electron chi connectivity index (χ0n) is 11.9. The van der Waals surface area contributed by atoms with Gasteiger partial charge in [0.25, 0.3) is 0 Å². The number of carbonyl (C=O) groups excluding carboxylic acids is 1. The molecule has 1 saturated carbocycles. The first kappa shape index (κ1) is 13.4. The van der Waals surface area contributed by atoms with E-state index in [0.717, 1.165) is 38.4 Å². The van der Waals surface area contributed by atoms with Gasteiger partial charge in [-0.2, -0.15) is 0 Å². The van der Waals surface area contributed by atoms with Crippen LogP contribution in [0, 0.1) is 0 Å². The number of nitrogens with zero attached hydrogens (tertiary/aromatic N) is 1. The molecule has 2 atom stereocenters. The quantitative estimate of drug-likeness (QED) is 0.807. The lowest BCUT2D eigenvalue weighted by Gasteiger charge is -2.31. The maximum Gasteiger partial charge on any atom is 0.237 e. The molecule has 0 aromatic rings. The first-order chi connectivity index (χ1) is 9.33. The fourth-order valence-corrected chi connectivity index (χ4v) is 3.89. The van der Waals surface area contributed by atoms with Gasteiger partial charge in [0.1, 0.15) is 0 Å². The Balaban J connectivity index is 1.44. The molecule has 2 heterocycles. The average Bonchev–Trinajstić information content (AvgIpc) is 3.11. The largest absolute Gasteiger partial charge is 0.351 e. The standard InChI is InChI=1S/C15H27N3O/c19-15(14-7-4-9-16-14)17-12-8-10-18(11-12)13-5-2-1-3-6-13/h12-14,16H,1-11H2,(H,17,19). The maximum absolute atomic E-state index is 12.1. The Morgan fingerprint density at radius 1 is 1.05 bits per heavy atom. The summed E-state index contributed by atoms with van der Waals surface area (Å²) in [6.45, 7) is 3.24. The molecule has 1 amide bonds. The van der Waals surface area contributed by atoms with Gasteiger partial charge in [-0.3, -0.25) is 9.69 Å². The SMILES string of the molecule is O=C(NC1CCN(C2CCCCC2)C1)C1CCCN1. The summed E-state index contributed by atoms with van der Waals surface area (Å²) < 4.78 is 0. The minimum atomic E-state index is 0.0729. The number of rotatable bonds is 3. The van der Waals surface area contributed by atoms with Crippen LogP contribution in [-0.2, 0) is 4.79 Å². The second-order valence-corrected chi connectivity index (χ2v) is 6.43. The molecular weight excluding hydrogens is 238 g/mol. The van der Waals surface area contributed by atoms with Gasteiger partial charge in [0.05, 0.1) is 6.04 Å². The van der Waals surface area contributed by atoms with Crippen LogP contribution in [0.25, 0.3) is 0 Å². The Morgan fingerprint density at radius 2 is 1.89 bits per heavy atom. The molecule has 4 heteroatoms. The van der Waals surface area contributed by atoms with Crippen LogP contribution in [0.15, 0.2) is 0 Å². The van der Waals surface area contributed by atoms with Gasteiger partial charge in [0.2, 0.25) is 5.91 Å². The summed E-state index contributed by atoms with van der Waals surface area (Å²) in [6.07, 6.45) is 10.2. The normalized spacial score (nSPS) is 33.7. The summed E-state index contributed by atoms with van der Waals surface area (Å²) in [4.78, 5) is 14.7. The van der Waals surface area contributed by atoms with Crippen LogP contribution < -0.4 is 10.6 Å². The van der Waals surface area contributed by atoms with Gasteiger partial charge in [0.15, 0.2) is 0 Å². The van der Waals surface area contributed by atoms with Gasteiger partial charge in [-0.1, -0.05) is 19.3 Å². The van der Waals surface area contributed by atoms with Crippen LogP contribution in [-0.4, -0.2) is 48.6 Å². The van der Waals surface area contributed by atoms with Gasteiger partial charge >= 0.3 is 0 Å². The topological polar surface area (TPSA) is 44.4 Å². The predicted octanol–water partition coefficient (Wildman–Crippen LogP) is 1.26. The third-order valence-corrected chi connectivity index (χ3v) is 5.03. The lowest BCUT2D eigenvalue weighted by atomic mass is 9.94. The monoisotopic (exact) mass is 265 g/mol. The van der Waals surface area contributed by atoms with E-state index < -0.39 is 0 Å². The van der Waals surface area contributed by atoms with Crippen LogP contribution in [0.3, 0.4) is 0 Å². The minimum absolute atomic E-state index is 0.0729. The lowest BCUT2D eigenvalue weighted by Crippen LogP contribution is -2.46. The molecule has 2 N–H and O–H groups in total. The van der Waals surface area contributed by atoms with E-state index in [-0.39, 0.29) is 11.9 Å². The van der Waals surface area contributed by atoms with Crippen molar-refractivity contribution in [3.8, 4) is 0 Å². The Bertz CT molecular complexity index is 309. The highest BCUT2D eigenvalue weighted by atomic mass is 16.2. The number of amides is 1. The molecule has 2 unspecified atom stereocenters. The average molecular weight is 265 g/mol. The fourth-order valence-electron chi connectivity index (χ4n) is 3.89. The van der Waals surface area contributed by atoms with Crippen molar-refractivity contribution >= 4 is 5.91 Å². The first-order valence-electron chi connectivity index (χ1n) is 8.11. The van der Waals surface area contributed by atoms with Crippen molar-refractivity contribution in [3.63, 3.8) is 0 Å². The molecule has 0 aromatic carbocycles. The maximum atomic E-state index is 12.1. The summed E-state index contributed by atoms with van der Waals surface area (Å²) in [7, 11) is 0. The fraction of sp³-hybridized carbons (Fsp3) is 0.933. The highest BCUT2D eigenvalue weighted by molar-refractivity contribution is 5.82. The molecule has 3 aliphatic rings. The molecule has 108 valence electrons. The van der Waals surface area contributed by atoms with E-state index in [1.807, 2.05) is 0 Å². The molecule has 0 spiro atoms. The summed E-state index contributed by atoms with van der Waals surface area (Å²) in [5.74, 6) is 0.230. The van der Waals surface area contributed by atoms with E-state index in [0.29, 0.717) is 6.04 Å². The number of likely N-dealkylation sites (tertiary alicyclic amines) is 1. The third kappa shape index (κ3) is 3.29.